The molecule has 0 fully saturated rings. The topological polar surface area (TPSA) is 13.1 Å². The predicted octanol–water partition coefficient (Wildman–Crippen LogP) is 5.29. The lowest BCUT2D eigenvalue weighted by atomic mass is 10.1. The molecule has 0 radical (unpaired) electrons. The van der Waals surface area contributed by atoms with Crippen molar-refractivity contribution in [1.29, 1.82) is 0 Å². The molecule has 17 heavy (non-hydrogen) atoms. The van der Waals surface area contributed by atoms with E-state index < -0.39 is 0 Å². The maximum atomic E-state index is 6.26. The van der Waals surface area contributed by atoms with Crippen molar-refractivity contribution in [3.05, 3.63) is 51.9 Å². The van der Waals surface area contributed by atoms with E-state index in [0.29, 0.717) is 16.7 Å². The number of rotatable bonds is 4. The van der Waals surface area contributed by atoms with Gasteiger partial charge in [0, 0.05) is 6.42 Å². The zero-order valence-electron chi connectivity index (χ0n) is 9.37. The first-order chi connectivity index (χ1) is 8.22. The van der Waals surface area contributed by atoms with Gasteiger partial charge in [0.15, 0.2) is 0 Å². The van der Waals surface area contributed by atoms with E-state index in [2.05, 4.69) is 6.92 Å². The molecule has 0 unspecified atom stereocenters. The minimum atomic E-state index is 0.396. The summed E-state index contributed by atoms with van der Waals surface area (Å²) in [6, 6.07) is 10.1. The highest BCUT2D eigenvalue weighted by molar-refractivity contribution is 7.99. The third kappa shape index (κ3) is 3.01. The van der Waals surface area contributed by atoms with Crippen LogP contribution in [0.3, 0.4) is 0 Å². The lowest BCUT2D eigenvalue weighted by molar-refractivity contribution is 0.519. The molecule has 0 amide bonds. The molecular formula is C13H12Cl2OS. The van der Waals surface area contributed by atoms with Crippen molar-refractivity contribution < 1.29 is 4.42 Å². The van der Waals surface area contributed by atoms with Crippen LogP contribution in [0.5, 0.6) is 0 Å². The van der Waals surface area contributed by atoms with Gasteiger partial charge in [-0.3, -0.25) is 0 Å². The minimum Gasteiger partial charge on any atom is -0.446 e. The van der Waals surface area contributed by atoms with E-state index in [4.69, 9.17) is 27.6 Å². The monoisotopic (exact) mass is 286 g/mol. The SMILES string of the molecule is CCSc1c(Cl)oc(Cc2ccccc2)c1Cl. The van der Waals surface area contributed by atoms with Crippen LogP contribution in [0.25, 0.3) is 0 Å². The number of hydrogen-bond donors (Lipinski definition) is 0. The van der Waals surface area contributed by atoms with Crippen molar-refractivity contribution >= 4 is 35.0 Å². The second-order valence-electron chi connectivity index (χ2n) is 3.54. The maximum Gasteiger partial charge on any atom is 0.208 e. The molecule has 4 heteroatoms. The van der Waals surface area contributed by atoms with Crippen molar-refractivity contribution in [3.63, 3.8) is 0 Å². The smallest absolute Gasteiger partial charge is 0.208 e. The van der Waals surface area contributed by atoms with Gasteiger partial charge in [0.05, 0.1) is 9.92 Å². The fourth-order valence-electron chi connectivity index (χ4n) is 1.57. The Morgan fingerprint density at radius 3 is 2.53 bits per heavy atom. The number of halogens is 2. The van der Waals surface area contributed by atoms with Crippen molar-refractivity contribution in [3.8, 4) is 0 Å². The van der Waals surface area contributed by atoms with Gasteiger partial charge >= 0.3 is 0 Å². The van der Waals surface area contributed by atoms with Crippen LogP contribution >= 0.6 is 35.0 Å². The third-order valence-electron chi connectivity index (χ3n) is 2.33. The fraction of sp³-hybridized carbons (Fsp3) is 0.231. The quantitative estimate of drug-likeness (QED) is 0.709. The number of benzene rings is 1. The summed E-state index contributed by atoms with van der Waals surface area (Å²) in [5.74, 6) is 1.66. The van der Waals surface area contributed by atoms with E-state index in [0.717, 1.165) is 22.0 Å². The Morgan fingerprint density at radius 1 is 1.18 bits per heavy atom. The van der Waals surface area contributed by atoms with Crippen LogP contribution in [0.1, 0.15) is 18.2 Å². The molecule has 0 atom stereocenters. The minimum absolute atomic E-state index is 0.396. The molecule has 0 spiro atoms. The lowest BCUT2D eigenvalue weighted by Crippen LogP contribution is -1.85. The predicted molar refractivity (Wildman–Crippen MR) is 74.4 cm³/mol. The van der Waals surface area contributed by atoms with Crippen molar-refractivity contribution in [2.24, 2.45) is 0 Å². The van der Waals surface area contributed by atoms with Gasteiger partial charge in [0.1, 0.15) is 5.76 Å². The van der Waals surface area contributed by atoms with Crippen LogP contribution in [-0.2, 0) is 6.42 Å². The zero-order valence-corrected chi connectivity index (χ0v) is 11.7. The van der Waals surface area contributed by atoms with Gasteiger partial charge < -0.3 is 4.42 Å². The highest BCUT2D eigenvalue weighted by atomic mass is 35.5. The first-order valence-corrected chi connectivity index (χ1v) is 7.10. The summed E-state index contributed by atoms with van der Waals surface area (Å²) < 4.78 is 5.51. The highest BCUT2D eigenvalue weighted by Crippen LogP contribution is 2.39. The van der Waals surface area contributed by atoms with Crippen LogP contribution in [0.4, 0.5) is 0 Å². The summed E-state index contributed by atoms with van der Waals surface area (Å²) in [6.07, 6.45) is 0.670. The molecular weight excluding hydrogens is 275 g/mol. The molecule has 0 aliphatic heterocycles. The second-order valence-corrected chi connectivity index (χ2v) is 5.53. The van der Waals surface area contributed by atoms with Gasteiger partial charge in [0.25, 0.3) is 0 Å². The van der Waals surface area contributed by atoms with Gasteiger partial charge in [-0.2, -0.15) is 0 Å². The van der Waals surface area contributed by atoms with E-state index >= 15 is 0 Å². The molecule has 1 aromatic heterocycles. The Bertz CT molecular complexity index is 494. The van der Waals surface area contributed by atoms with Crippen LogP contribution in [0.2, 0.25) is 10.2 Å². The van der Waals surface area contributed by atoms with Crippen molar-refractivity contribution in [2.45, 2.75) is 18.2 Å². The standard InChI is InChI=1S/C13H12Cl2OS/c1-2-17-12-11(14)10(16-13(12)15)8-9-6-4-3-5-7-9/h3-7H,2,8H2,1H3. The summed E-state index contributed by atoms with van der Waals surface area (Å²) >= 11 is 13.9. The molecule has 0 aliphatic rings. The molecule has 0 aliphatic carbocycles. The Labute approximate surface area is 115 Å². The fourth-order valence-corrected chi connectivity index (χ4v) is 3.01. The van der Waals surface area contributed by atoms with E-state index in [-0.39, 0.29) is 0 Å². The van der Waals surface area contributed by atoms with E-state index in [9.17, 15) is 0 Å². The first kappa shape index (κ1) is 12.9. The van der Waals surface area contributed by atoms with Gasteiger partial charge in [-0.05, 0) is 22.9 Å². The zero-order chi connectivity index (χ0) is 12.3. The van der Waals surface area contributed by atoms with Crippen LogP contribution < -0.4 is 0 Å². The maximum absolute atomic E-state index is 6.26. The van der Waals surface area contributed by atoms with E-state index in [1.165, 1.54) is 0 Å². The van der Waals surface area contributed by atoms with Crippen molar-refractivity contribution in [2.75, 3.05) is 5.75 Å². The molecule has 2 aromatic rings. The molecule has 1 nitrogen and oxygen atoms in total. The van der Waals surface area contributed by atoms with Crippen LogP contribution in [-0.4, -0.2) is 5.75 Å². The van der Waals surface area contributed by atoms with Gasteiger partial charge in [-0.15, -0.1) is 11.8 Å². The molecule has 1 aromatic carbocycles. The summed E-state index contributed by atoms with van der Waals surface area (Å²) in [7, 11) is 0. The molecule has 0 bridgehead atoms. The van der Waals surface area contributed by atoms with E-state index in [1.807, 2.05) is 30.3 Å². The highest BCUT2D eigenvalue weighted by Gasteiger charge is 2.17. The molecule has 0 saturated heterocycles. The Morgan fingerprint density at radius 2 is 1.88 bits per heavy atom. The summed E-state index contributed by atoms with van der Waals surface area (Å²) in [5, 5.41) is 1.04. The number of thioether (sulfide) groups is 1. The molecule has 1 heterocycles. The first-order valence-electron chi connectivity index (χ1n) is 5.35. The Balaban J connectivity index is 2.25. The average Bonchev–Trinajstić information content (AvgIpc) is 2.59. The molecule has 0 saturated carbocycles. The third-order valence-corrected chi connectivity index (χ3v) is 4.19. The Hall–Kier alpha value is -0.570. The number of hydrogen-bond acceptors (Lipinski definition) is 2. The molecule has 0 N–H and O–H groups in total. The summed E-state index contributed by atoms with van der Waals surface area (Å²) in [4.78, 5) is 0.849. The van der Waals surface area contributed by atoms with Crippen LogP contribution in [0.15, 0.2) is 39.6 Å². The molecule has 2 rings (SSSR count). The average molecular weight is 287 g/mol. The second kappa shape index (κ2) is 5.85. The van der Waals surface area contributed by atoms with Gasteiger partial charge in [-0.25, -0.2) is 0 Å². The van der Waals surface area contributed by atoms with Crippen molar-refractivity contribution in [1.82, 2.24) is 0 Å². The number of furan rings is 1. The normalized spacial score (nSPS) is 10.8. The largest absolute Gasteiger partial charge is 0.446 e. The molecule has 90 valence electrons. The van der Waals surface area contributed by atoms with Gasteiger partial charge in [0.2, 0.25) is 5.22 Å². The Kier molecular flexibility index (Phi) is 4.43. The van der Waals surface area contributed by atoms with Gasteiger partial charge in [-0.1, -0.05) is 48.9 Å². The van der Waals surface area contributed by atoms with Crippen LogP contribution in [0, 0.1) is 0 Å². The lowest BCUT2D eigenvalue weighted by Gasteiger charge is -1.98. The summed E-state index contributed by atoms with van der Waals surface area (Å²) in [6.45, 7) is 2.06. The van der Waals surface area contributed by atoms with E-state index in [1.54, 1.807) is 11.8 Å². The summed E-state index contributed by atoms with van der Waals surface area (Å²) in [5.41, 5.74) is 1.16.